The number of aromatic nitrogens is 2. The summed E-state index contributed by atoms with van der Waals surface area (Å²) in [5.74, 6) is -0.528. The topological polar surface area (TPSA) is 128 Å². The number of fused-ring (bicyclic) bond motifs is 1. The van der Waals surface area contributed by atoms with Gasteiger partial charge in [0.25, 0.3) is 5.56 Å². The summed E-state index contributed by atoms with van der Waals surface area (Å²) in [4.78, 5) is 24.9. The van der Waals surface area contributed by atoms with Gasteiger partial charge < -0.3 is 19.4 Å². The number of aliphatic hydroxyl groups is 1. The van der Waals surface area contributed by atoms with Crippen molar-refractivity contribution in [3.8, 4) is 12.1 Å². The molecule has 2 aromatic heterocycles. The number of nitrogens with zero attached hydrogens (tertiary/aromatic N) is 6. The lowest BCUT2D eigenvalue weighted by Crippen LogP contribution is -2.47. The number of rotatable bonds is 5. The monoisotopic (exact) mass is 530 g/mol. The molecule has 0 amide bonds. The molecule has 9 nitrogen and oxygen atoms in total. The van der Waals surface area contributed by atoms with Gasteiger partial charge >= 0.3 is 0 Å². The predicted molar refractivity (Wildman–Crippen MR) is 146 cm³/mol. The van der Waals surface area contributed by atoms with Crippen LogP contribution in [0.1, 0.15) is 56.9 Å². The van der Waals surface area contributed by atoms with Gasteiger partial charge in [-0.3, -0.25) is 4.79 Å². The summed E-state index contributed by atoms with van der Waals surface area (Å²) < 4.78 is 15.0. The molecule has 2 heterocycles. The number of likely N-dealkylation sites (N-methyl/N-ethyl adjacent to an activating group) is 1. The van der Waals surface area contributed by atoms with Crippen LogP contribution in [-0.2, 0) is 11.9 Å². The average Bonchev–Trinajstić information content (AvgIpc) is 2.90. The first-order valence-electron chi connectivity index (χ1n) is 12.7. The van der Waals surface area contributed by atoms with Gasteiger partial charge in [-0.15, -0.1) is 0 Å². The molecule has 39 heavy (non-hydrogen) atoms. The van der Waals surface area contributed by atoms with Gasteiger partial charge in [-0.05, 0) is 69.9 Å². The molecular weight excluding hydrogens is 499 g/mol. The molecule has 4 rings (SSSR count). The van der Waals surface area contributed by atoms with E-state index in [2.05, 4.69) is 10.1 Å². The smallest absolute Gasteiger partial charge is 0.270 e. The van der Waals surface area contributed by atoms with E-state index in [4.69, 9.17) is 4.84 Å². The lowest BCUT2D eigenvalue weighted by atomic mass is 9.79. The van der Waals surface area contributed by atoms with Crippen LogP contribution in [0.3, 0.4) is 0 Å². The number of oxime groups is 1. The van der Waals surface area contributed by atoms with Gasteiger partial charge in [-0.1, -0.05) is 17.3 Å². The highest BCUT2D eigenvalue weighted by molar-refractivity contribution is 6.02. The molecule has 0 saturated heterocycles. The van der Waals surface area contributed by atoms with Crippen molar-refractivity contribution in [1.29, 1.82) is 10.5 Å². The second kappa shape index (κ2) is 10.8. The zero-order valence-corrected chi connectivity index (χ0v) is 22.6. The Morgan fingerprint density at radius 3 is 2.46 bits per heavy atom. The van der Waals surface area contributed by atoms with Crippen molar-refractivity contribution in [2.75, 3.05) is 11.9 Å². The highest BCUT2D eigenvalue weighted by atomic mass is 19.1. The molecule has 1 aromatic carbocycles. The van der Waals surface area contributed by atoms with Crippen LogP contribution in [0, 0.1) is 34.4 Å². The Bertz CT molecular complexity index is 1560. The maximum Gasteiger partial charge on any atom is 0.270 e. The van der Waals surface area contributed by atoms with Crippen LogP contribution in [0.5, 0.6) is 0 Å². The quantitative estimate of drug-likeness (QED) is 0.390. The highest BCUT2D eigenvalue weighted by Gasteiger charge is 2.37. The van der Waals surface area contributed by atoms with Gasteiger partial charge in [0.15, 0.2) is 0 Å². The Morgan fingerprint density at radius 2 is 1.87 bits per heavy atom. The van der Waals surface area contributed by atoms with Crippen molar-refractivity contribution >= 4 is 22.4 Å². The van der Waals surface area contributed by atoms with Gasteiger partial charge in [0.2, 0.25) is 0 Å². The first-order valence-corrected chi connectivity index (χ1v) is 12.7. The SMILES string of the molecule is CN(c1c(C#N)c(=O)n(C)c2ccc(C#N)nc12)[C@@H]1CC[C@@H](/C(=N\OC(C)(C)C)c2ccc(F)cc2)C[C@@H]1O. The van der Waals surface area contributed by atoms with E-state index < -0.39 is 23.3 Å². The molecule has 1 fully saturated rings. The minimum absolute atomic E-state index is 0.100. The number of benzene rings is 1. The summed E-state index contributed by atoms with van der Waals surface area (Å²) in [6.45, 7) is 5.64. The Morgan fingerprint density at radius 1 is 1.18 bits per heavy atom. The number of hydrogen-bond donors (Lipinski definition) is 1. The lowest BCUT2D eigenvalue weighted by molar-refractivity contribution is -0.000636. The van der Waals surface area contributed by atoms with Crippen LogP contribution >= 0.6 is 0 Å². The standard InChI is InChI=1S/C29H31FN6O3/c1-29(2,3)39-34-25(17-6-9-19(30)10-7-17)18-8-12-22(24(37)14-18)35(4)27-21(16-32)28(38)36(5)23-13-11-20(15-31)33-26(23)27/h6-7,9-11,13,18,22,24,37H,8,12,14H2,1-5H3/b34-25-/t18-,22-,24+/m1/s1. The van der Waals surface area contributed by atoms with Crippen LogP contribution in [0.25, 0.3) is 11.0 Å². The number of pyridine rings is 2. The van der Waals surface area contributed by atoms with E-state index in [0.29, 0.717) is 47.3 Å². The Balaban J connectivity index is 1.70. The predicted octanol–water partition coefficient (Wildman–Crippen LogP) is 4.00. The van der Waals surface area contributed by atoms with E-state index in [1.54, 1.807) is 37.2 Å². The third-order valence-electron chi connectivity index (χ3n) is 7.02. The van der Waals surface area contributed by atoms with Gasteiger partial charge in [0.05, 0.1) is 29.1 Å². The molecule has 0 unspecified atom stereocenters. The van der Waals surface area contributed by atoms with Crippen molar-refractivity contribution in [1.82, 2.24) is 9.55 Å². The molecule has 0 aliphatic heterocycles. The Kier molecular flexibility index (Phi) is 7.71. The van der Waals surface area contributed by atoms with E-state index in [1.807, 2.05) is 32.9 Å². The first-order chi connectivity index (χ1) is 18.4. The number of anilines is 1. The largest absolute Gasteiger partial charge is 0.391 e. The van der Waals surface area contributed by atoms with Crippen molar-refractivity contribution in [3.63, 3.8) is 0 Å². The summed E-state index contributed by atoms with van der Waals surface area (Å²) >= 11 is 0. The molecular formula is C29H31FN6O3. The summed E-state index contributed by atoms with van der Waals surface area (Å²) in [6.07, 6.45) is 0.619. The van der Waals surface area contributed by atoms with E-state index in [1.165, 1.54) is 22.8 Å². The molecule has 3 atom stereocenters. The maximum atomic E-state index is 13.6. The average molecular weight is 531 g/mol. The molecule has 1 saturated carbocycles. The van der Waals surface area contributed by atoms with Crippen molar-refractivity contribution in [3.05, 3.63) is 69.4 Å². The molecule has 1 N–H and O–H groups in total. The first kappa shape index (κ1) is 27.7. The fourth-order valence-electron chi connectivity index (χ4n) is 5.07. The summed E-state index contributed by atoms with van der Waals surface area (Å²) in [5, 5.41) is 35.1. The van der Waals surface area contributed by atoms with Crippen LogP contribution in [0.4, 0.5) is 10.1 Å². The molecule has 10 heteroatoms. The summed E-state index contributed by atoms with van der Waals surface area (Å²) in [7, 11) is 3.28. The molecule has 3 aromatic rings. The Hall–Kier alpha value is -4.28. The minimum atomic E-state index is -0.848. The number of aliphatic hydroxyl groups excluding tert-OH is 1. The van der Waals surface area contributed by atoms with Crippen LogP contribution < -0.4 is 10.5 Å². The Labute approximate surface area is 226 Å². The van der Waals surface area contributed by atoms with Crippen molar-refractivity contribution in [2.24, 2.45) is 18.1 Å². The second-order valence-corrected chi connectivity index (χ2v) is 10.8. The molecule has 0 radical (unpaired) electrons. The third kappa shape index (κ3) is 5.62. The van der Waals surface area contributed by atoms with Gasteiger partial charge in [0, 0.05) is 20.0 Å². The molecule has 1 aliphatic rings. The van der Waals surface area contributed by atoms with Gasteiger partial charge in [0.1, 0.15) is 40.3 Å². The molecule has 1 aliphatic carbocycles. The highest BCUT2D eigenvalue weighted by Crippen LogP contribution is 2.35. The van der Waals surface area contributed by atoms with E-state index >= 15 is 0 Å². The maximum absolute atomic E-state index is 13.6. The van der Waals surface area contributed by atoms with Crippen LogP contribution in [0.2, 0.25) is 0 Å². The fraction of sp³-hybridized carbons (Fsp3) is 0.414. The molecule has 0 spiro atoms. The van der Waals surface area contributed by atoms with E-state index in [0.717, 1.165) is 0 Å². The second-order valence-electron chi connectivity index (χ2n) is 10.8. The zero-order chi connectivity index (χ0) is 28.5. The molecule has 0 bridgehead atoms. The normalized spacial score (nSPS) is 19.8. The van der Waals surface area contributed by atoms with Gasteiger partial charge in [-0.2, -0.15) is 10.5 Å². The number of hydrogen-bond acceptors (Lipinski definition) is 8. The minimum Gasteiger partial charge on any atom is -0.391 e. The third-order valence-corrected chi connectivity index (χ3v) is 7.02. The van der Waals surface area contributed by atoms with Crippen LogP contribution in [-0.4, -0.2) is 45.2 Å². The fourth-order valence-corrected chi connectivity index (χ4v) is 5.07. The lowest BCUT2D eigenvalue weighted by Gasteiger charge is -2.40. The number of aryl methyl sites for hydroxylation is 1. The van der Waals surface area contributed by atoms with Crippen LogP contribution in [0.15, 0.2) is 46.3 Å². The summed E-state index contributed by atoms with van der Waals surface area (Å²) in [5.41, 5.74) is 1.49. The van der Waals surface area contributed by atoms with E-state index in [-0.39, 0.29) is 23.0 Å². The van der Waals surface area contributed by atoms with Gasteiger partial charge in [-0.25, -0.2) is 9.37 Å². The number of halogens is 1. The van der Waals surface area contributed by atoms with Crippen molar-refractivity contribution < 1.29 is 14.3 Å². The summed E-state index contributed by atoms with van der Waals surface area (Å²) in [6, 6.07) is 12.8. The zero-order valence-electron chi connectivity index (χ0n) is 22.6. The molecule has 202 valence electrons. The number of nitriles is 2. The van der Waals surface area contributed by atoms with Crippen molar-refractivity contribution in [2.45, 2.75) is 57.8 Å². The van der Waals surface area contributed by atoms with E-state index in [9.17, 15) is 24.8 Å².